The van der Waals surface area contributed by atoms with Crippen LogP contribution >= 0.6 is 0 Å². The summed E-state index contributed by atoms with van der Waals surface area (Å²) in [7, 11) is 0. The van der Waals surface area contributed by atoms with Gasteiger partial charge in [0, 0.05) is 18.9 Å². The van der Waals surface area contributed by atoms with Crippen LogP contribution in [0.3, 0.4) is 0 Å². The number of allylic oxidation sites excluding steroid dienone is 1. The van der Waals surface area contributed by atoms with Gasteiger partial charge in [0.25, 0.3) is 0 Å². The number of likely N-dealkylation sites (tertiary alicyclic amines) is 1. The van der Waals surface area contributed by atoms with Crippen molar-refractivity contribution in [3.8, 4) is 0 Å². The molecular formula is C28H41NO3. The molecule has 2 aliphatic carbocycles. The molecule has 1 heterocycles. The number of nitrogens with zero attached hydrogens (tertiary/aromatic N) is 1. The number of fused-ring (bicyclic) bond motifs is 1. The molecule has 0 aromatic heterocycles. The second kappa shape index (κ2) is 11.6. The van der Waals surface area contributed by atoms with E-state index in [0.29, 0.717) is 18.3 Å². The smallest absolute Gasteiger partial charge is 0.0761 e. The molecule has 0 unspecified atom stereocenters. The lowest BCUT2D eigenvalue weighted by atomic mass is 9.88. The fourth-order valence-corrected chi connectivity index (χ4v) is 5.88. The first-order valence-electron chi connectivity index (χ1n) is 12.7. The molecule has 1 saturated carbocycles. The maximum Gasteiger partial charge on any atom is 0.0761 e. The Hall–Kier alpha value is -1.46. The average molecular weight is 440 g/mol. The molecule has 1 aromatic rings. The molecule has 0 bridgehead atoms. The monoisotopic (exact) mass is 439 g/mol. The van der Waals surface area contributed by atoms with Gasteiger partial charge in [-0.15, -0.1) is 0 Å². The second-order valence-electron chi connectivity index (χ2n) is 10.1. The summed E-state index contributed by atoms with van der Waals surface area (Å²) in [5, 5.41) is 21.1. The quantitative estimate of drug-likeness (QED) is 0.422. The number of aliphatic hydroxyl groups is 2. The largest absolute Gasteiger partial charge is 0.392 e. The Bertz CT molecular complexity index is 783. The minimum atomic E-state index is -0.509. The topological polar surface area (TPSA) is 52.9 Å². The number of aliphatic hydroxyl groups excluding tert-OH is 2. The van der Waals surface area contributed by atoms with Crippen molar-refractivity contribution in [1.29, 1.82) is 0 Å². The predicted molar refractivity (Wildman–Crippen MR) is 130 cm³/mol. The summed E-state index contributed by atoms with van der Waals surface area (Å²) in [6.45, 7) is 7.24. The van der Waals surface area contributed by atoms with Crippen LogP contribution in [0.2, 0.25) is 0 Å². The zero-order chi connectivity index (χ0) is 22.3. The van der Waals surface area contributed by atoms with Crippen molar-refractivity contribution in [3.63, 3.8) is 0 Å². The molecule has 0 spiro atoms. The molecule has 2 fully saturated rings. The fourth-order valence-electron chi connectivity index (χ4n) is 5.88. The van der Waals surface area contributed by atoms with Crippen molar-refractivity contribution in [2.75, 3.05) is 32.8 Å². The Morgan fingerprint density at radius 3 is 2.84 bits per heavy atom. The number of hydrogen-bond donors (Lipinski definition) is 2. The van der Waals surface area contributed by atoms with E-state index in [2.05, 4.69) is 42.2 Å². The van der Waals surface area contributed by atoms with Crippen LogP contribution in [0.5, 0.6) is 0 Å². The van der Waals surface area contributed by atoms with E-state index >= 15 is 0 Å². The first kappa shape index (κ1) is 23.7. The van der Waals surface area contributed by atoms with Crippen molar-refractivity contribution in [1.82, 2.24) is 4.90 Å². The maximum atomic E-state index is 10.6. The van der Waals surface area contributed by atoms with Crippen LogP contribution in [0.1, 0.15) is 49.7 Å². The van der Waals surface area contributed by atoms with Crippen molar-refractivity contribution < 1.29 is 14.9 Å². The molecular weight excluding hydrogens is 398 g/mol. The zero-order valence-corrected chi connectivity index (χ0v) is 19.7. The average Bonchev–Trinajstić information content (AvgIpc) is 3.29. The van der Waals surface area contributed by atoms with Gasteiger partial charge < -0.3 is 19.8 Å². The fraction of sp³-hybridized carbons (Fsp3) is 0.643. The molecule has 2 N–H and O–H groups in total. The van der Waals surface area contributed by atoms with Crippen LogP contribution in [0.25, 0.3) is 0 Å². The Labute approximate surface area is 194 Å². The Morgan fingerprint density at radius 2 is 2.03 bits per heavy atom. The van der Waals surface area contributed by atoms with E-state index in [1.54, 1.807) is 0 Å². The van der Waals surface area contributed by atoms with Crippen molar-refractivity contribution >= 4 is 0 Å². The molecule has 4 rings (SSSR count). The number of rotatable bonds is 10. The summed E-state index contributed by atoms with van der Waals surface area (Å²) in [5.74, 6) is 1.08. The van der Waals surface area contributed by atoms with Gasteiger partial charge in [0.2, 0.25) is 0 Å². The summed E-state index contributed by atoms with van der Waals surface area (Å²) >= 11 is 0. The van der Waals surface area contributed by atoms with Crippen LogP contribution in [0.4, 0.5) is 0 Å². The summed E-state index contributed by atoms with van der Waals surface area (Å²) < 4.78 is 5.93. The van der Waals surface area contributed by atoms with Gasteiger partial charge in [0.05, 0.1) is 25.4 Å². The molecule has 176 valence electrons. The summed E-state index contributed by atoms with van der Waals surface area (Å²) in [4.78, 5) is 2.52. The van der Waals surface area contributed by atoms with Crippen LogP contribution < -0.4 is 0 Å². The number of aryl methyl sites for hydroxylation is 1. The van der Waals surface area contributed by atoms with E-state index in [9.17, 15) is 10.2 Å². The third kappa shape index (κ3) is 6.54. The van der Waals surface area contributed by atoms with Crippen LogP contribution in [0, 0.1) is 24.7 Å². The SMILES string of the molecule is Cc1cccc(C[C@H](O)C=C[C@@H]2[C@H]3CC(CCOCCN4CCCCC4)=C[C@H]3C[C@H]2O)c1. The Balaban J connectivity index is 1.19. The lowest BCUT2D eigenvalue weighted by Gasteiger charge is -2.26. The van der Waals surface area contributed by atoms with Gasteiger partial charge in [-0.2, -0.15) is 0 Å². The van der Waals surface area contributed by atoms with E-state index < -0.39 is 6.10 Å². The normalized spacial score (nSPS) is 29.4. The molecule has 4 heteroatoms. The minimum absolute atomic E-state index is 0.140. The molecule has 0 radical (unpaired) electrons. The minimum Gasteiger partial charge on any atom is -0.392 e. The van der Waals surface area contributed by atoms with E-state index in [4.69, 9.17) is 4.74 Å². The first-order chi connectivity index (χ1) is 15.6. The van der Waals surface area contributed by atoms with Gasteiger partial charge >= 0.3 is 0 Å². The van der Waals surface area contributed by atoms with Gasteiger partial charge in [-0.25, -0.2) is 0 Å². The lowest BCUT2D eigenvalue weighted by molar-refractivity contribution is 0.0978. The van der Waals surface area contributed by atoms with Gasteiger partial charge in [0.15, 0.2) is 0 Å². The number of hydrogen-bond acceptors (Lipinski definition) is 4. The molecule has 3 aliphatic rings. The molecule has 32 heavy (non-hydrogen) atoms. The summed E-state index contributed by atoms with van der Waals surface area (Å²) in [5.41, 5.74) is 3.86. The predicted octanol–water partition coefficient (Wildman–Crippen LogP) is 4.29. The van der Waals surface area contributed by atoms with Crippen molar-refractivity contribution in [2.24, 2.45) is 17.8 Å². The molecule has 0 amide bonds. The highest BCUT2D eigenvalue weighted by Gasteiger charge is 2.43. The Kier molecular flexibility index (Phi) is 8.59. The van der Waals surface area contributed by atoms with Gasteiger partial charge in [0.1, 0.15) is 0 Å². The maximum absolute atomic E-state index is 10.6. The van der Waals surface area contributed by atoms with Crippen LogP contribution in [0.15, 0.2) is 48.1 Å². The Morgan fingerprint density at radius 1 is 1.19 bits per heavy atom. The van der Waals surface area contributed by atoms with E-state index in [-0.39, 0.29) is 12.0 Å². The van der Waals surface area contributed by atoms with E-state index in [0.717, 1.165) is 44.6 Å². The highest BCUT2D eigenvalue weighted by Crippen LogP contribution is 2.47. The van der Waals surface area contributed by atoms with E-state index in [1.165, 1.54) is 43.5 Å². The van der Waals surface area contributed by atoms with Gasteiger partial charge in [-0.3, -0.25) is 0 Å². The summed E-state index contributed by atoms with van der Waals surface area (Å²) in [6, 6.07) is 8.30. The van der Waals surface area contributed by atoms with Crippen molar-refractivity contribution in [2.45, 2.75) is 64.1 Å². The number of piperidine rings is 1. The lowest BCUT2D eigenvalue weighted by Crippen LogP contribution is -2.32. The molecule has 1 aromatic carbocycles. The van der Waals surface area contributed by atoms with Crippen LogP contribution in [-0.2, 0) is 11.2 Å². The molecule has 4 nitrogen and oxygen atoms in total. The highest BCUT2D eigenvalue weighted by atomic mass is 16.5. The standard InChI is InChI=1S/C28H41NO3/c1-21-6-5-7-22(16-21)18-25(30)8-9-26-27-19-23(17-24(27)20-28(26)31)10-14-32-15-13-29-11-3-2-4-12-29/h5-9,16-17,24-28,30-31H,2-4,10-15,18-20H2,1H3/t24-,25+,26+,27-,28+/m0/s1. The number of ether oxygens (including phenoxy) is 1. The molecule has 5 atom stereocenters. The molecule has 1 aliphatic heterocycles. The number of benzene rings is 1. The third-order valence-corrected chi connectivity index (χ3v) is 7.60. The van der Waals surface area contributed by atoms with Gasteiger partial charge in [-0.05, 0) is 69.5 Å². The van der Waals surface area contributed by atoms with E-state index in [1.807, 2.05) is 12.1 Å². The highest BCUT2D eigenvalue weighted by molar-refractivity contribution is 5.24. The second-order valence-corrected chi connectivity index (χ2v) is 10.1. The summed E-state index contributed by atoms with van der Waals surface area (Å²) in [6.07, 6.45) is 13.2. The van der Waals surface area contributed by atoms with Crippen LogP contribution in [-0.4, -0.2) is 60.2 Å². The third-order valence-electron chi connectivity index (χ3n) is 7.60. The molecule has 1 saturated heterocycles. The van der Waals surface area contributed by atoms with Crippen molar-refractivity contribution in [3.05, 3.63) is 59.2 Å². The van der Waals surface area contributed by atoms with Gasteiger partial charge in [-0.1, -0.05) is 60.1 Å². The zero-order valence-electron chi connectivity index (χ0n) is 19.7. The first-order valence-corrected chi connectivity index (χ1v) is 12.7.